The van der Waals surface area contributed by atoms with Gasteiger partial charge >= 0.3 is 5.97 Å². The van der Waals surface area contributed by atoms with E-state index in [-0.39, 0.29) is 0 Å². The predicted octanol–water partition coefficient (Wildman–Crippen LogP) is 3.81. The SMILES string of the molecule is Cc1nn(Cc2ccccc2Cl)c2sc(C(=O)O)cc12. The largest absolute Gasteiger partial charge is 0.477 e. The molecule has 0 saturated carbocycles. The molecule has 102 valence electrons. The van der Waals surface area contributed by atoms with E-state index in [1.807, 2.05) is 35.9 Å². The molecular weight excluding hydrogens is 296 g/mol. The maximum atomic E-state index is 11.1. The van der Waals surface area contributed by atoms with Gasteiger partial charge in [0.2, 0.25) is 0 Å². The first-order valence-electron chi connectivity index (χ1n) is 6.00. The summed E-state index contributed by atoms with van der Waals surface area (Å²) in [5, 5.41) is 15.1. The minimum absolute atomic E-state index is 0.327. The molecule has 1 aromatic carbocycles. The lowest BCUT2D eigenvalue weighted by Crippen LogP contribution is -2.01. The fraction of sp³-hybridized carbons (Fsp3) is 0.143. The Morgan fingerprint density at radius 1 is 1.45 bits per heavy atom. The van der Waals surface area contributed by atoms with Crippen molar-refractivity contribution in [3.05, 3.63) is 51.5 Å². The van der Waals surface area contributed by atoms with Gasteiger partial charge in [-0.05, 0) is 24.6 Å². The molecule has 3 rings (SSSR count). The summed E-state index contributed by atoms with van der Waals surface area (Å²) in [5.41, 5.74) is 1.79. The van der Waals surface area contributed by atoms with E-state index < -0.39 is 5.97 Å². The molecule has 0 amide bonds. The van der Waals surface area contributed by atoms with Crippen molar-refractivity contribution in [2.75, 3.05) is 0 Å². The van der Waals surface area contributed by atoms with E-state index in [4.69, 9.17) is 16.7 Å². The van der Waals surface area contributed by atoms with Gasteiger partial charge in [-0.25, -0.2) is 4.79 Å². The normalized spacial score (nSPS) is 11.1. The van der Waals surface area contributed by atoms with Crippen molar-refractivity contribution in [2.45, 2.75) is 13.5 Å². The molecule has 6 heteroatoms. The van der Waals surface area contributed by atoms with Gasteiger partial charge in [0.15, 0.2) is 0 Å². The molecule has 1 N–H and O–H groups in total. The van der Waals surface area contributed by atoms with Crippen LogP contribution in [0.4, 0.5) is 0 Å². The average molecular weight is 307 g/mol. The Bertz CT molecular complexity index is 807. The Labute approximate surface area is 124 Å². The number of halogens is 1. The van der Waals surface area contributed by atoms with E-state index in [0.29, 0.717) is 16.4 Å². The van der Waals surface area contributed by atoms with Crippen LogP contribution in [0, 0.1) is 6.92 Å². The second-order valence-corrected chi connectivity index (χ2v) is 5.91. The zero-order valence-electron chi connectivity index (χ0n) is 10.6. The molecule has 0 unspecified atom stereocenters. The molecule has 20 heavy (non-hydrogen) atoms. The van der Waals surface area contributed by atoms with E-state index in [2.05, 4.69) is 5.10 Å². The van der Waals surface area contributed by atoms with Gasteiger partial charge < -0.3 is 5.11 Å². The molecule has 0 aliphatic carbocycles. The van der Waals surface area contributed by atoms with Crippen LogP contribution >= 0.6 is 22.9 Å². The Hall–Kier alpha value is -1.85. The molecule has 2 heterocycles. The van der Waals surface area contributed by atoms with Crippen LogP contribution in [0.3, 0.4) is 0 Å². The number of nitrogens with zero attached hydrogens (tertiary/aromatic N) is 2. The molecule has 0 saturated heterocycles. The standard InChI is InChI=1S/C14H11ClN2O2S/c1-8-10-6-12(14(18)19)20-13(10)17(16-8)7-9-4-2-3-5-11(9)15/h2-6H,7H2,1H3,(H,18,19). The molecule has 2 aromatic heterocycles. The molecule has 3 aromatic rings. The first kappa shape index (κ1) is 13.1. The molecule has 0 aliphatic heterocycles. The van der Waals surface area contributed by atoms with Crippen molar-refractivity contribution in [1.29, 1.82) is 0 Å². The number of rotatable bonds is 3. The van der Waals surface area contributed by atoms with Crippen LogP contribution in [-0.4, -0.2) is 20.9 Å². The van der Waals surface area contributed by atoms with E-state index in [0.717, 1.165) is 21.5 Å². The maximum Gasteiger partial charge on any atom is 0.345 e. The Kier molecular flexibility index (Phi) is 3.23. The van der Waals surface area contributed by atoms with Gasteiger partial charge in [0, 0.05) is 10.4 Å². The minimum atomic E-state index is -0.908. The average Bonchev–Trinajstić information content (AvgIpc) is 2.95. The van der Waals surface area contributed by atoms with Crippen molar-refractivity contribution in [1.82, 2.24) is 9.78 Å². The van der Waals surface area contributed by atoms with Crippen LogP contribution in [-0.2, 0) is 6.54 Å². The number of carboxylic acid groups (broad SMARTS) is 1. The lowest BCUT2D eigenvalue weighted by atomic mass is 10.2. The molecule has 0 radical (unpaired) electrons. The van der Waals surface area contributed by atoms with Crippen molar-refractivity contribution >= 4 is 39.1 Å². The second kappa shape index (κ2) is 4.92. The lowest BCUT2D eigenvalue weighted by Gasteiger charge is -2.04. The summed E-state index contributed by atoms with van der Waals surface area (Å²) in [6, 6.07) is 9.25. The highest BCUT2D eigenvalue weighted by molar-refractivity contribution is 7.20. The van der Waals surface area contributed by atoms with Crippen molar-refractivity contribution in [3.8, 4) is 0 Å². The smallest absolute Gasteiger partial charge is 0.345 e. The van der Waals surface area contributed by atoms with E-state index in [1.165, 1.54) is 11.3 Å². The molecule has 0 fully saturated rings. The van der Waals surface area contributed by atoms with E-state index in [1.54, 1.807) is 6.07 Å². The number of aromatic nitrogens is 2. The van der Waals surface area contributed by atoms with Gasteiger partial charge in [0.1, 0.15) is 9.71 Å². The van der Waals surface area contributed by atoms with Crippen LogP contribution in [0.5, 0.6) is 0 Å². The number of benzene rings is 1. The van der Waals surface area contributed by atoms with Crippen molar-refractivity contribution in [3.63, 3.8) is 0 Å². The number of hydrogen-bond acceptors (Lipinski definition) is 3. The van der Waals surface area contributed by atoms with Crippen LogP contribution in [0.15, 0.2) is 30.3 Å². The van der Waals surface area contributed by atoms with Crippen LogP contribution < -0.4 is 0 Å². The summed E-state index contributed by atoms with van der Waals surface area (Å²) in [4.78, 5) is 12.3. The summed E-state index contributed by atoms with van der Waals surface area (Å²) in [5.74, 6) is -0.908. The third kappa shape index (κ3) is 2.19. The van der Waals surface area contributed by atoms with Gasteiger partial charge in [-0.2, -0.15) is 5.10 Å². The lowest BCUT2D eigenvalue weighted by molar-refractivity contribution is 0.0702. The summed E-state index contributed by atoms with van der Waals surface area (Å²) >= 11 is 7.39. The van der Waals surface area contributed by atoms with Gasteiger partial charge in [0.25, 0.3) is 0 Å². The Morgan fingerprint density at radius 2 is 2.20 bits per heavy atom. The highest BCUT2D eigenvalue weighted by Gasteiger charge is 2.16. The summed E-state index contributed by atoms with van der Waals surface area (Å²) in [6.45, 7) is 2.41. The fourth-order valence-electron chi connectivity index (χ4n) is 2.11. The molecule has 0 atom stereocenters. The highest BCUT2D eigenvalue weighted by atomic mass is 35.5. The summed E-state index contributed by atoms with van der Waals surface area (Å²) in [6.07, 6.45) is 0. The van der Waals surface area contributed by atoms with Gasteiger partial charge in [0.05, 0.1) is 12.2 Å². The quantitative estimate of drug-likeness (QED) is 0.800. The molecule has 0 spiro atoms. The zero-order chi connectivity index (χ0) is 14.3. The highest BCUT2D eigenvalue weighted by Crippen LogP contribution is 2.29. The number of carbonyl (C=O) groups is 1. The topological polar surface area (TPSA) is 55.1 Å². The number of carboxylic acids is 1. The number of aryl methyl sites for hydroxylation is 1. The monoisotopic (exact) mass is 306 g/mol. The number of fused-ring (bicyclic) bond motifs is 1. The van der Waals surface area contributed by atoms with Crippen LogP contribution in [0.25, 0.3) is 10.2 Å². The zero-order valence-corrected chi connectivity index (χ0v) is 12.2. The number of aromatic carboxylic acids is 1. The van der Waals surface area contributed by atoms with Crippen LogP contribution in [0.2, 0.25) is 5.02 Å². The molecule has 4 nitrogen and oxygen atoms in total. The minimum Gasteiger partial charge on any atom is -0.477 e. The van der Waals surface area contributed by atoms with Crippen molar-refractivity contribution in [2.24, 2.45) is 0 Å². The number of thiophene rings is 1. The summed E-state index contributed by atoms with van der Waals surface area (Å²) < 4.78 is 1.81. The molecule has 0 aliphatic rings. The fourth-order valence-corrected chi connectivity index (χ4v) is 3.31. The van der Waals surface area contributed by atoms with Crippen molar-refractivity contribution < 1.29 is 9.90 Å². The third-order valence-electron chi connectivity index (χ3n) is 3.10. The Balaban J connectivity index is 2.08. The maximum absolute atomic E-state index is 11.1. The Morgan fingerprint density at radius 3 is 2.90 bits per heavy atom. The molecule has 0 bridgehead atoms. The first-order chi connectivity index (χ1) is 9.56. The first-order valence-corrected chi connectivity index (χ1v) is 7.19. The van der Waals surface area contributed by atoms with Gasteiger partial charge in [-0.1, -0.05) is 29.8 Å². The third-order valence-corrected chi connectivity index (χ3v) is 4.60. The van der Waals surface area contributed by atoms with Gasteiger partial charge in [-0.15, -0.1) is 11.3 Å². The van der Waals surface area contributed by atoms with Gasteiger partial charge in [-0.3, -0.25) is 4.68 Å². The van der Waals surface area contributed by atoms with Crippen LogP contribution in [0.1, 0.15) is 20.9 Å². The predicted molar refractivity (Wildman–Crippen MR) is 79.9 cm³/mol. The summed E-state index contributed by atoms with van der Waals surface area (Å²) in [7, 11) is 0. The van der Waals surface area contributed by atoms with E-state index >= 15 is 0 Å². The van der Waals surface area contributed by atoms with E-state index in [9.17, 15) is 4.79 Å². The molecular formula is C14H11ClN2O2S. The number of hydrogen-bond donors (Lipinski definition) is 1. The second-order valence-electron chi connectivity index (χ2n) is 4.47.